The van der Waals surface area contributed by atoms with E-state index in [1.165, 1.54) is 5.56 Å². The molecule has 116 valence electrons. The summed E-state index contributed by atoms with van der Waals surface area (Å²) in [5.41, 5.74) is 1.24. The van der Waals surface area contributed by atoms with Crippen LogP contribution in [0.25, 0.3) is 0 Å². The minimum absolute atomic E-state index is 0.303. The van der Waals surface area contributed by atoms with Crippen LogP contribution >= 0.6 is 0 Å². The van der Waals surface area contributed by atoms with Crippen molar-refractivity contribution in [1.82, 2.24) is 4.90 Å². The summed E-state index contributed by atoms with van der Waals surface area (Å²) in [6.45, 7) is 5.70. The van der Waals surface area contributed by atoms with Crippen LogP contribution in [-0.4, -0.2) is 35.7 Å². The number of para-hydroxylation sites is 1. The van der Waals surface area contributed by atoms with Gasteiger partial charge in [-0.05, 0) is 51.3 Å². The SMILES string of the molecule is CCOc1ccccc1CN1CCC(CCC(=O)O)CC1. The minimum Gasteiger partial charge on any atom is -0.494 e. The molecule has 0 aromatic heterocycles. The van der Waals surface area contributed by atoms with Gasteiger partial charge in [-0.3, -0.25) is 9.69 Å². The maximum atomic E-state index is 10.6. The van der Waals surface area contributed by atoms with E-state index in [0.29, 0.717) is 18.9 Å². The lowest BCUT2D eigenvalue weighted by Crippen LogP contribution is -2.33. The van der Waals surface area contributed by atoms with Gasteiger partial charge in [0, 0.05) is 18.5 Å². The van der Waals surface area contributed by atoms with Crippen LogP contribution in [0.1, 0.15) is 38.2 Å². The van der Waals surface area contributed by atoms with E-state index in [9.17, 15) is 4.79 Å². The quantitative estimate of drug-likeness (QED) is 0.838. The molecule has 4 heteroatoms. The number of nitrogens with zero attached hydrogens (tertiary/aromatic N) is 1. The third-order valence-corrected chi connectivity index (χ3v) is 4.14. The molecule has 0 radical (unpaired) electrons. The Hall–Kier alpha value is -1.55. The van der Waals surface area contributed by atoms with Gasteiger partial charge in [0.05, 0.1) is 6.61 Å². The molecule has 2 rings (SSSR count). The molecule has 1 saturated heterocycles. The molecule has 1 aromatic rings. The van der Waals surface area contributed by atoms with Gasteiger partial charge in [-0.15, -0.1) is 0 Å². The zero-order valence-corrected chi connectivity index (χ0v) is 12.8. The number of aliphatic carboxylic acids is 1. The fraction of sp³-hybridized carbons (Fsp3) is 0.588. The van der Waals surface area contributed by atoms with Crippen molar-refractivity contribution < 1.29 is 14.6 Å². The molecule has 0 unspecified atom stereocenters. The highest BCUT2D eigenvalue weighted by Gasteiger charge is 2.20. The first kappa shape index (κ1) is 15.8. The van der Waals surface area contributed by atoms with Gasteiger partial charge in [-0.1, -0.05) is 18.2 Å². The van der Waals surface area contributed by atoms with Crippen LogP contribution in [0.5, 0.6) is 5.75 Å². The van der Waals surface area contributed by atoms with Crippen molar-refractivity contribution in [2.75, 3.05) is 19.7 Å². The monoisotopic (exact) mass is 291 g/mol. The predicted molar refractivity (Wildman–Crippen MR) is 82.5 cm³/mol. The highest BCUT2D eigenvalue weighted by Crippen LogP contribution is 2.25. The van der Waals surface area contributed by atoms with Crippen molar-refractivity contribution in [2.45, 2.75) is 39.2 Å². The van der Waals surface area contributed by atoms with E-state index in [1.807, 2.05) is 19.1 Å². The number of piperidine rings is 1. The number of benzene rings is 1. The van der Waals surface area contributed by atoms with Gasteiger partial charge in [0.2, 0.25) is 0 Å². The third-order valence-electron chi connectivity index (χ3n) is 4.14. The highest BCUT2D eigenvalue weighted by molar-refractivity contribution is 5.66. The number of rotatable bonds is 7. The summed E-state index contributed by atoms with van der Waals surface area (Å²) in [6, 6.07) is 8.21. The first-order valence-corrected chi connectivity index (χ1v) is 7.84. The number of likely N-dealkylation sites (tertiary alicyclic amines) is 1. The zero-order valence-electron chi connectivity index (χ0n) is 12.8. The van der Waals surface area contributed by atoms with Gasteiger partial charge < -0.3 is 9.84 Å². The standard InChI is InChI=1S/C17H25NO3/c1-2-21-16-6-4-3-5-15(16)13-18-11-9-14(10-12-18)7-8-17(19)20/h3-6,14H,2,7-13H2,1H3,(H,19,20). The summed E-state index contributed by atoms with van der Waals surface area (Å²) in [6.07, 6.45) is 3.32. The minimum atomic E-state index is -0.678. The molecule has 1 aliphatic heterocycles. The Morgan fingerprint density at radius 1 is 1.33 bits per heavy atom. The van der Waals surface area contributed by atoms with Gasteiger partial charge in [0.1, 0.15) is 5.75 Å². The molecule has 21 heavy (non-hydrogen) atoms. The van der Waals surface area contributed by atoms with Crippen molar-refractivity contribution in [3.8, 4) is 5.75 Å². The normalized spacial score (nSPS) is 16.8. The second-order valence-corrected chi connectivity index (χ2v) is 5.69. The summed E-state index contributed by atoms with van der Waals surface area (Å²) < 4.78 is 5.67. The van der Waals surface area contributed by atoms with Crippen molar-refractivity contribution in [3.05, 3.63) is 29.8 Å². The Morgan fingerprint density at radius 3 is 2.71 bits per heavy atom. The van der Waals surface area contributed by atoms with Crippen LogP contribution in [0.2, 0.25) is 0 Å². The van der Waals surface area contributed by atoms with E-state index >= 15 is 0 Å². The van der Waals surface area contributed by atoms with Gasteiger partial charge in [0.15, 0.2) is 0 Å². The molecule has 1 heterocycles. The summed E-state index contributed by atoms with van der Waals surface area (Å²) in [5, 5.41) is 8.75. The van der Waals surface area contributed by atoms with E-state index < -0.39 is 5.97 Å². The van der Waals surface area contributed by atoms with E-state index in [0.717, 1.165) is 44.6 Å². The van der Waals surface area contributed by atoms with Crippen LogP contribution in [0.3, 0.4) is 0 Å². The van der Waals surface area contributed by atoms with Crippen LogP contribution in [0.15, 0.2) is 24.3 Å². The number of hydrogen-bond acceptors (Lipinski definition) is 3. The molecule has 0 saturated carbocycles. The van der Waals surface area contributed by atoms with Crippen LogP contribution in [-0.2, 0) is 11.3 Å². The Bertz CT molecular complexity index is 453. The molecule has 1 aliphatic rings. The first-order valence-electron chi connectivity index (χ1n) is 7.84. The Balaban J connectivity index is 1.82. The highest BCUT2D eigenvalue weighted by atomic mass is 16.5. The molecule has 1 fully saturated rings. The van der Waals surface area contributed by atoms with E-state index in [-0.39, 0.29) is 0 Å². The molecule has 0 aliphatic carbocycles. The van der Waals surface area contributed by atoms with Crippen molar-refractivity contribution in [3.63, 3.8) is 0 Å². The number of carbonyl (C=O) groups is 1. The zero-order chi connectivity index (χ0) is 15.1. The van der Waals surface area contributed by atoms with E-state index in [2.05, 4.69) is 17.0 Å². The Morgan fingerprint density at radius 2 is 2.05 bits per heavy atom. The average Bonchev–Trinajstić information content (AvgIpc) is 2.49. The van der Waals surface area contributed by atoms with Crippen molar-refractivity contribution in [1.29, 1.82) is 0 Å². The molecule has 1 N–H and O–H groups in total. The van der Waals surface area contributed by atoms with Crippen molar-refractivity contribution in [2.24, 2.45) is 5.92 Å². The summed E-state index contributed by atoms with van der Waals surface area (Å²) in [7, 11) is 0. The van der Waals surface area contributed by atoms with Gasteiger partial charge in [-0.25, -0.2) is 0 Å². The predicted octanol–water partition coefficient (Wildman–Crippen LogP) is 3.16. The lowest BCUT2D eigenvalue weighted by molar-refractivity contribution is -0.137. The maximum Gasteiger partial charge on any atom is 0.303 e. The fourth-order valence-corrected chi connectivity index (χ4v) is 2.93. The second-order valence-electron chi connectivity index (χ2n) is 5.69. The summed E-state index contributed by atoms with van der Waals surface area (Å²) in [5.74, 6) is 0.871. The lowest BCUT2D eigenvalue weighted by Gasteiger charge is -2.32. The molecule has 0 atom stereocenters. The average molecular weight is 291 g/mol. The number of carboxylic acid groups (broad SMARTS) is 1. The number of hydrogen-bond donors (Lipinski definition) is 1. The molecule has 4 nitrogen and oxygen atoms in total. The van der Waals surface area contributed by atoms with E-state index in [1.54, 1.807) is 0 Å². The topological polar surface area (TPSA) is 49.8 Å². The molecule has 1 aromatic carbocycles. The molecular weight excluding hydrogens is 266 g/mol. The smallest absolute Gasteiger partial charge is 0.303 e. The molecule has 0 spiro atoms. The lowest BCUT2D eigenvalue weighted by atomic mass is 9.92. The largest absolute Gasteiger partial charge is 0.494 e. The molecule has 0 bridgehead atoms. The van der Waals surface area contributed by atoms with E-state index in [4.69, 9.17) is 9.84 Å². The van der Waals surface area contributed by atoms with Crippen molar-refractivity contribution >= 4 is 5.97 Å². The van der Waals surface area contributed by atoms with Crippen LogP contribution in [0, 0.1) is 5.92 Å². The first-order chi connectivity index (χ1) is 10.2. The summed E-state index contributed by atoms with van der Waals surface area (Å²) in [4.78, 5) is 13.1. The molecular formula is C17H25NO3. The van der Waals surface area contributed by atoms with Gasteiger partial charge in [-0.2, -0.15) is 0 Å². The third kappa shape index (κ3) is 5.05. The fourth-order valence-electron chi connectivity index (χ4n) is 2.93. The Kier molecular flexibility index (Phi) is 6.05. The number of ether oxygens (including phenoxy) is 1. The second kappa shape index (κ2) is 8.03. The van der Waals surface area contributed by atoms with Gasteiger partial charge in [0.25, 0.3) is 0 Å². The summed E-state index contributed by atoms with van der Waals surface area (Å²) >= 11 is 0. The van der Waals surface area contributed by atoms with Gasteiger partial charge >= 0.3 is 5.97 Å². The van der Waals surface area contributed by atoms with Crippen LogP contribution in [0.4, 0.5) is 0 Å². The maximum absolute atomic E-state index is 10.6. The Labute approximate surface area is 126 Å². The number of carboxylic acids is 1. The van der Waals surface area contributed by atoms with Crippen LogP contribution < -0.4 is 4.74 Å². The molecule has 0 amide bonds.